The molecule has 3 nitrogen and oxygen atoms in total. The van der Waals surface area contributed by atoms with E-state index in [9.17, 15) is 4.79 Å². The van der Waals surface area contributed by atoms with Crippen molar-refractivity contribution < 1.29 is 4.79 Å². The van der Waals surface area contributed by atoms with Gasteiger partial charge in [0.25, 0.3) is 0 Å². The number of unbranched alkanes of at least 4 members (excludes halogenated alkanes) is 3. The van der Waals surface area contributed by atoms with Crippen LogP contribution in [0.3, 0.4) is 0 Å². The van der Waals surface area contributed by atoms with Crippen molar-refractivity contribution >= 4 is 46.4 Å². The van der Waals surface area contributed by atoms with Crippen LogP contribution >= 0.6 is 34.8 Å². The summed E-state index contributed by atoms with van der Waals surface area (Å²) in [5.41, 5.74) is 1.92. The molecule has 0 aliphatic carbocycles. The molecule has 1 unspecified atom stereocenters. The highest BCUT2D eigenvalue weighted by Gasteiger charge is 2.33. The van der Waals surface area contributed by atoms with Gasteiger partial charge in [0.15, 0.2) is 0 Å². The van der Waals surface area contributed by atoms with Crippen molar-refractivity contribution in [2.75, 3.05) is 5.32 Å². The van der Waals surface area contributed by atoms with Gasteiger partial charge in [-0.25, -0.2) is 0 Å². The maximum absolute atomic E-state index is 12.0. The Hall–Kier alpha value is -0.640. The fraction of sp³-hybridized carbons (Fsp3) is 0.562. The lowest BCUT2D eigenvalue weighted by atomic mass is 10.1. The highest BCUT2D eigenvalue weighted by molar-refractivity contribution is 6.68. The zero-order chi connectivity index (χ0) is 16.6. The third-order valence-corrected chi connectivity index (χ3v) is 3.91. The average Bonchev–Trinajstić information content (AvgIpc) is 2.44. The highest BCUT2D eigenvalue weighted by atomic mass is 35.6. The Morgan fingerprint density at radius 2 is 1.77 bits per heavy atom. The first-order valence-electron chi connectivity index (χ1n) is 7.52. The number of carbonyl (C=O) groups is 1. The number of amides is 1. The first kappa shape index (κ1) is 19.4. The molecule has 6 heteroatoms. The molecule has 0 radical (unpaired) electrons. The highest BCUT2D eigenvalue weighted by Crippen LogP contribution is 2.31. The fourth-order valence-corrected chi connectivity index (χ4v) is 2.29. The fourth-order valence-electron chi connectivity index (χ4n) is 1.96. The van der Waals surface area contributed by atoms with E-state index in [2.05, 4.69) is 17.6 Å². The van der Waals surface area contributed by atoms with Gasteiger partial charge in [-0.3, -0.25) is 4.79 Å². The van der Waals surface area contributed by atoms with Gasteiger partial charge in [-0.1, -0.05) is 78.7 Å². The second-order valence-corrected chi connectivity index (χ2v) is 7.73. The van der Waals surface area contributed by atoms with E-state index in [1.807, 2.05) is 31.2 Å². The van der Waals surface area contributed by atoms with Crippen molar-refractivity contribution in [1.29, 1.82) is 0 Å². The number of hydrogen-bond donors (Lipinski definition) is 2. The molecule has 0 fully saturated rings. The van der Waals surface area contributed by atoms with E-state index >= 15 is 0 Å². The maximum atomic E-state index is 12.0. The van der Waals surface area contributed by atoms with Crippen molar-refractivity contribution in [3.63, 3.8) is 0 Å². The van der Waals surface area contributed by atoms with Crippen LogP contribution in [-0.4, -0.2) is 15.9 Å². The first-order chi connectivity index (χ1) is 10.3. The summed E-state index contributed by atoms with van der Waals surface area (Å²) in [6.07, 6.45) is 3.80. The van der Waals surface area contributed by atoms with Gasteiger partial charge in [-0.05, 0) is 25.5 Å². The van der Waals surface area contributed by atoms with Gasteiger partial charge < -0.3 is 10.6 Å². The molecule has 0 heterocycles. The maximum Gasteiger partial charge on any atom is 0.228 e. The van der Waals surface area contributed by atoms with E-state index < -0.39 is 9.96 Å². The van der Waals surface area contributed by atoms with Crippen LogP contribution in [-0.2, 0) is 4.79 Å². The Kier molecular flexibility index (Phi) is 8.37. The average molecular weight is 366 g/mol. The normalized spacial score (nSPS) is 12.8. The third kappa shape index (κ3) is 7.57. The van der Waals surface area contributed by atoms with Crippen molar-refractivity contribution in [2.24, 2.45) is 0 Å². The molecule has 0 spiro atoms. The van der Waals surface area contributed by atoms with Crippen molar-refractivity contribution in [1.82, 2.24) is 5.32 Å². The molecule has 2 N–H and O–H groups in total. The van der Waals surface area contributed by atoms with E-state index in [0.29, 0.717) is 6.42 Å². The molecular weight excluding hydrogens is 343 g/mol. The Balaban J connectivity index is 2.57. The molecule has 0 aromatic heterocycles. The number of hydrogen-bond acceptors (Lipinski definition) is 2. The predicted molar refractivity (Wildman–Crippen MR) is 95.8 cm³/mol. The molecule has 0 bridgehead atoms. The Morgan fingerprint density at radius 3 is 2.32 bits per heavy atom. The lowest BCUT2D eigenvalue weighted by Gasteiger charge is -2.27. The summed E-state index contributed by atoms with van der Waals surface area (Å²) < 4.78 is -1.63. The molecule has 1 rings (SSSR count). The number of alkyl halides is 3. The van der Waals surface area contributed by atoms with Crippen molar-refractivity contribution in [3.05, 3.63) is 29.8 Å². The topological polar surface area (TPSA) is 41.1 Å². The Morgan fingerprint density at radius 1 is 1.14 bits per heavy atom. The van der Waals surface area contributed by atoms with Crippen LogP contribution in [0.25, 0.3) is 0 Å². The SMILES string of the molecule is CCCCCCC(=O)NC(Nc1ccc(C)cc1)C(Cl)(Cl)Cl. The smallest absolute Gasteiger partial charge is 0.228 e. The summed E-state index contributed by atoms with van der Waals surface area (Å²) in [5.74, 6) is -0.118. The molecule has 1 amide bonds. The number of benzene rings is 1. The minimum absolute atomic E-state index is 0.118. The summed E-state index contributed by atoms with van der Waals surface area (Å²) in [6.45, 7) is 4.12. The first-order valence-corrected chi connectivity index (χ1v) is 8.65. The number of carbonyl (C=O) groups excluding carboxylic acids is 1. The minimum atomic E-state index is -1.63. The second kappa shape index (κ2) is 9.49. The molecule has 1 aromatic rings. The molecule has 0 saturated heterocycles. The van der Waals surface area contributed by atoms with E-state index in [1.165, 1.54) is 0 Å². The largest absolute Gasteiger partial charge is 0.362 e. The van der Waals surface area contributed by atoms with Crippen molar-refractivity contribution in [2.45, 2.75) is 55.9 Å². The molecule has 0 aliphatic rings. The van der Waals surface area contributed by atoms with Gasteiger partial charge in [0.2, 0.25) is 9.70 Å². The van der Waals surface area contributed by atoms with Gasteiger partial charge in [0, 0.05) is 12.1 Å². The summed E-state index contributed by atoms with van der Waals surface area (Å²) in [4.78, 5) is 12.0. The van der Waals surface area contributed by atoms with Gasteiger partial charge in [-0.2, -0.15) is 0 Å². The van der Waals surface area contributed by atoms with Crippen LogP contribution in [0.4, 0.5) is 5.69 Å². The monoisotopic (exact) mass is 364 g/mol. The molecule has 124 valence electrons. The summed E-state index contributed by atoms with van der Waals surface area (Å²) in [6, 6.07) is 7.66. The molecule has 22 heavy (non-hydrogen) atoms. The second-order valence-electron chi connectivity index (χ2n) is 5.36. The zero-order valence-electron chi connectivity index (χ0n) is 13.0. The summed E-state index contributed by atoms with van der Waals surface area (Å²) in [5, 5.41) is 5.80. The van der Waals surface area contributed by atoms with Crippen LogP contribution in [0.15, 0.2) is 24.3 Å². The van der Waals surface area contributed by atoms with Gasteiger partial charge in [0.05, 0.1) is 0 Å². The van der Waals surface area contributed by atoms with Crippen molar-refractivity contribution in [3.8, 4) is 0 Å². The number of rotatable bonds is 8. The molecule has 0 saturated carbocycles. The zero-order valence-corrected chi connectivity index (χ0v) is 15.2. The van der Waals surface area contributed by atoms with Crippen LogP contribution in [0.1, 0.15) is 44.6 Å². The van der Waals surface area contributed by atoms with E-state index in [1.54, 1.807) is 0 Å². The Bertz CT molecular complexity index is 457. The van der Waals surface area contributed by atoms with Gasteiger partial charge in [0.1, 0.15) is 6.17 Å². The summed E-state index contributed by atoms with van der Waals surface area (Å²) in [7, 11) is 0. The van der Waals surface area contributed by atoms with Gasteiger partial charge in [-0.15, -0.1) is 0 Å². The molecule has 1 aromatic carbocycles. The standard InChI is InChI=1S/C16H23Cl3N2O/c1-3-4-5-6-7-14(22)21-15(16(17,18)19)20-13-10-8-12(2)9-11-13/h8-11,15,20H,3-7H2,1-2H3,(H,21,22). The third-order valence-electron chi connectivity index (χ3n) is 3.25. The number of anilines is 1. The van der Waals surface area contributed by atoms with Crippen LogP contribution in [0.2, 0.25) is 0 Å². The number of aryl methyl sites for hydroxylation is 1. The van der Waals surface area contributed by atoms with E-state index in [0.717, 1.165) is 36.9 Å². The van der Waals surface area contributed by atoms with Crippen LogP contribution < -0.4 is 10.6 Å². The molecule has 0 aliphatic heterocycles. The number of halogens is 3. The lowest BCUT2D eigenvalue weighted by Crippen LogP contribution is -2.49. The predicted octanol–water partition coefficient (Wildman–Crippen LogP) is 5.19. The Labute approximate surface area is 147 Å². The lowest BCUT2D eigenvalue weighted by molar-refractivity contribution is -0.121. The van der Waals surface area contributed by atoms with Crippen LogP contribution in [0.5, 0.6) is 0 Å². The number of nitrogens with one attached hydrogen (secondary N) is 2. The van der Waals surface area contributed by atoms with E-state index in [-0.39, 0.29) is 5.91 Å². The van der Waals surface area contributed by atoms with E-state index in [4.69, 9.17) is 34.8 Å². The molecule has 1 atom stereocenters. The molecular formula is C16H23Cl3N2O. The van der Waals surface area contributed by atoms with Crippen LogP contribution in [0, 0.1) is 6.92 Å². The van der Waals surface area contributed by atoms with Gasteiger partial charge >= 0.3 is 0 Å². The summed E-state index contributed by atoms with van der Waals surface area (Å²) >= 11 is 17.9. The quantitative estimate of drug-likeness (QED) is 0.378. The minimum Gasteiger partial charge on any atom is -0.362 e.